The molecule has 0 saturated carbocycles. The van der Waals surface area contributed by atoms with Crippen molar-refractivity contribution in [1.29, 1.82) is 0 Å². The van der Waals surface area contributed by atoms with Crippen LogP contribution in [-0.4, -0.2) is 28.0 Å². The zero-order chi connectivity index (χ0) is 20.0. The van der Waals surface area contributed by atoms with Crippen LogP contribution in [0.15, 0.2) is 52.9 Å². The van der Waals surface area contributed by atoms with Crippen molar-refractivity contribution in [3.05, 3.63) is 60.2 Å². The number of rotatable bonds is 2. The maximum Gasteiger partial charge on any atom is 0.451 e. The van der Waals surface area contributed by atoms with Gasteiger partial charge < -0.3 is 9.32 Å². The molecule has 0 bridgehead atoms. The minimum absolute atomic E-state index is 0.133. The van der Waals surface area contributed by atoms with E-state index >= 15 is 0 Å². The standard InChI is InChI=1S/C21H17F3N4O/c22-21(23,24)20-26-15-6-2-1-5-14(15)18(27-20)28-11-9-13(10-12-28)19-25-16-7-3-4-8-17(16)29-19/h1-8,13H,9-12H2. The van der Waals surface area contributed by atoms with E-state index in [1.165, 1.54) is 0 Å². The van der Waals surface area contributed by atoms with Gasteiger partial charge in [0.05, 0.1) is 5.52 Å². The fourth-order valence-corrected chi connectivity index (χ4v) is 3.83. The van der Waals surface area contributed by atoms with Crippen molar-refractivity contribution in [3.63, 3.8) is 0 Å². The van der Waals surface area contributed by atoms with Crippen LogP contribution in [0.1, 0.15) is 30.5 Å². The van der Waals surface area contributed by atoms with Gasteiger partial charge in [0.2, 0.25) is 5.82 Å². The van der Waals surface area contributed by atoms with Gasteiger partial charge in [-0.2, -0.15) is 13.2 Å². The second-order valence-corrected chi connectivity index (χ2v) is 7.17. The predicted octanol–water partition coefficient (Wildman–Crippen LogP) is 5.17. The molecule has 0 aliphatic carbocycles. The molecule has 1 aliphatic rings. The predicted molar refractivity (Wildman–Crippen MR) is 103 cm³/mol. The van der Waals surface area contributed by atoms with Crippen LogP contribution in [0.4, 0.5) is 19.0 Å². The maximum atomic E-state index is 13.3. The molecule has 1 saturated heterocycles. The van der Waals surface area contributed by atoms with E-state index < -0.39 is 12.0 Å². The average Bonchev–Trinajstić information content (AvgIpc) is 3.17. The first-order chi connectivity index (χ1) is 14.0. The minimum Gasteiger partial charge on any atom is -0.440 e. The molecule has 0 spiro atoms. The van der Waals surface area contributed by atoms with Gasteiger partial charge in [-0.3, -0.25) is 0 Å². The van der Waals surface area contributed by atoms with E-state index in [1.807, 2.05) is 29.2 Å². The lowest BCUT2D eigenvalue weighted by Crippen LogP contribution is -2.34. The Hall–Kier alpha value is -3.16. The highest BCUT2D eigenvalue weighted by Gasteiger charge is 2.36. The lowest BCUT2D eigenvalue weighted by atomic mass is 9.96. The summed E-state index contributed by atoms with van der Waals surface area (Å²) in [6.45, 7) is 1.14. The van der Waals surface area contributed by atoms with Crippen LogP contribution in [0.2, 0.25) is 0 Å². The van der Waals surface area contributed by atoms with Crippen LogP contribution < -0.4 is 4.90 Å². The normalized spacial score (nSPS) is 16.0. The number of nitrogens with zero attached hydrogens (tertiary/aromatic N) is 4. The van der Waals surface area contributed by atoms with Crippen molar-refractivity contribution in [2.75, 3.05) is 18.0 Å². The number of para-hydroxylation sites is 3. The van der Waals surface area contributed by atoms with Crippen molar-refractivity contribution in [1.82, 2.24) is 15.0 Å². The molecule has 1 aliphatic heterocycles. The summed E-state index contributed by atoms with van der Waals surface area (Å²) in [6.07, 6.45) is -3.13. The third-order valence-corrected chi connectivity index (χ3v) is 5.29. The Bertz CT molecular complexity index is 1150. The fraction of sp³-hybridized carbons (Fsp3) is 0.286. The Labute approximate surface area is 164 Å². The first kappa shape index (κ1) is 17.9. The van der Waals surface area contributed by atoms with E-state index in [0.29, 0.717) is 35.7 Å². The Balaban J connectivity index is 1.43. The van der Waals surface area contributed by atoms with E-state index in [1.54, 1.807) is 24.3 Å². The number of halogens is 3. The Morgan fingerprint density at radius 1 is 0.862 bits per heavy atom. The van der Waals surface area contributed by atoms with Crippen molar-refractivity contribution in [2.24, 2.45) is 0 Å². The van der Waals surface area contributed by atoms with Gasteiger partial charge in [0.1, 0.15) is 11.3 Å². The number of hydrogen-bond acceptors (Lipinski definition) is 5. The number of fused-ring (bicyclic) bond motifs is 2. The summed E-state index contributed by atoms with van der Waals surface area (Å²) in [5.41, 5.74) is 1.87. The number of piperidine rings is 1. The first-order valence-corrected chi connectivity index (χ1v) is 9.43. The van der Waals surface area contributed by atoms with Gasteiger partial charge in [-0.05, 0) is 37.1 Å². The summed E-state index contributed by atoms with van der Waals surface area (Å²) in [5, 5.41) is 0.626. The summed E-state index contributed by atoms with van der Waals surface area (Å²) in [4.78, 5) is 14.1. The molecule has 2 aromatic carbocycles. The van der Waals surface area contributed by atoms with Gasteiger partial charge in [-0.25, -0.2) is 15.0 Å². The van der Waals surface area contributed by atoms with E-state index in [-0.39, 0.29) is 5.92 Å². The molecule has 3 heterocycles. The fourth-order valence-electron chi connectivity index (χ4n) is 3.83. The minimum atomic E-state index is -4.59. The van der Waals surface area contributed by atoms with Gasteiger partial charge in [-0.15, -0.1) is 0 Å². The molecule has 8 heteroatoms. The Morgan fingerprint density at radius 3 is 2.28 bits per heavy atom. The maximum absolute atomic E-state index is 13.3. The number of oxazole rings is 1. The summed E-state index contributed by atoms with van der Waals surface area (Å²) >= 11 is 0. The molecule has 0 unspecified atom stereocenters. The highest BCUT2D eigenvalue weighted by atomic mass is 19.4. The summed E-state index contributed by atoms with van der Waals surface area (Å²) in [7, 11) is 0. The quantitative estimate of drug-likeness (QED) is 0.466. The number of alkyl halides is 3. The van der Waals surface area contributed by atoms with Gasteiger partial charge in [-0.1, -0.05) is 24.3 Å². The first-order valence-electron chi connectivity index (χ1n) is 9.43. The van der Waals surface area contributed by atoms with Crippen LogP contribution >= 0.6 is 0 Å². The van der Waals surface area contributed by atoms with Crippen LogP contribution in [0, 0.1) is 0 Å². The van der Waals surface area contributed by atoms with Crippen molar-refractivity contribution < 1.29 is 17.6 Å². The highest BCUT2D eigenvalue weighted by molar-refractivity contribution is 5.89. The van der Waals surface area contributed by atoms with E-state index in [2.05, 4.69) is 15.0 Å². The van der Waals surface area contributed by atoms with Gasteiger partial charge in [0, 0.05) is 24.4 Å². The molecule has 0 N–H and O–H groups in total. The molecule has 4 aromatic rings. The van der Waals surface area contributed by atoms with Crippen molar-refractivity contribution >= 4 is 27.8 Å². The largest absolute Gasteiger partial charge is 0.451 e. The Kier molecular flexibility index (Phi) is 4.15. The third kappa shape index (κ3) is 3.28. The summed E-state index contributed by atoms with van der Waals surface area (Å²) in [5.74, 6) is 0.0504. The summed E-state index contributed by atoms with van der Waals surface area (Å²) in [6, 6.07) is 14.4. The van der Waals surface area contributed by atoms with E-state index in [9.17, 15) is 13.2 Å². The van der Waals surface area contributed by atoms with Crippen LogP contribution in [-0.2, 0) is 6.18 Å². The molecule has 5 rings (SSSR count). The lowest BCUT2D eigenvalue weighted by Gasteiger charge is -2.32. The van der Waals surface area contributed by atoms with Crippen LogP contribution in [0.5, 0.6) is 0 Å². The van der Waals surface area contributed by atoms with Crippen LogP contribution in [0.3, 0.4) is 0 Å². The van der Waals surface area contributed by atoms with Gasteiger partial charge in [0.15, 0.2) is 11.5 Å². The topological polar surface area (TPSA) is 55.1 Å². The molecule has 0 atom stereocenters. The SMILES string of the molecule is FC(F)(F)c1nc(N2CCC(c3nc4ccccc4o3)CC2)c2ccccc2n1. The second-order valence-electron chi connectivity index (χ2n) is 7.17. The van der Waals surface area contributed by atoms with Crippen molar-refractivity contribution in [3.8, 4) is 0 Å². The van der Waals surface area contributed by atoms with Gasteiger partial charge in [0.25, 0.3) is 0 Å². The monoisotopic (exact) mass is 398 g/mol. The number of aromatic nitrogens is 3. The molecule has 1 fully saturated rings. The molecule has 148 valence electrons. The molecule has 29 heavy (non-hydrogen) atoms. The summed E-state index contributed by atoms with van der Waals surface area (Å²) < 4.78 is 45.7. The molecular weight excluding hydrogens is 381 g/mol. The molecule has 5 nitrogen and oxygen atoms in total. The van der Waals surface area contributed by atoms with Crippen molar-refractivity contribution in [2.45, 2.75) is 24.9 Å². The zero-order valence-electron chi connectivity index (χ0n) is 15.4. The number of hydrogen-bond donors (Lipinski definition) is 0. The molecule has 2 aromatic heterocycles. The zero-order valence-corrected chi connectivity index (χ0v) is 15.4. The highest BCUT2D eigenvalue weighted by Crippen LogP contribution is 2.35. The van der Waals surface area contributed by atoms with E-state index in [4.69, 9.17) is 4.42 Å². The smallest absolute Gasteiger partial charge is 0.440 e. The number of anilines is 1. The van der Waals surface area contributed by atoms with Gasteiger partial charge >= 0.3 is 6.18 Å². The Morgan fingerprint density at radius 2 is 1.55 bits per heavy atom. The molecular formula is C21H17F3N4O. The van der Waals surface area contributed by atoms with Crippen LogP contribution in [0.25, 0.3) is 22.0 Å². The molecule has 0 amide bonds. The lowest BCUT2D eigenvalue weighted by molar-refractivity contribution is -0.144. The average molecular weight is 398 g/mol. The molecule has 0 radical (unpaired) electrons. The third-order valence-electron chi connectivity index (χ3n) is 5.29. The van der Waals surface area contributed by atoms with E-state index in [0.717, 1.165) is 23.9 Å². The second kappa shape index (κ2) is 6.72. The number of benzene rings is 2.